The number of rotatable bonds is 16. The Bertz CT molecular complexity index is 5210. The number of aromatic nitrogens is 13. The van der Waals surface area contributed by atoms with E-state index in [9.17, 15) is 24.4 Å². The summed E-state index contributed by atoms with van der Waals surface area (Å²) in [7, 11) is 0. The standard InChI is InChI=1S/C23H20ClN7O.2C16H15ClN4O2.C10H7Cl2N.C6H9N3O2/c1-13-5-22(26)30-14(2)18(13)10-28-23(32)19-11-29-31(21(19)8-25)12-15-3-4-20-16(6-15)7-17(24)9-27-20;1-2-23-16(22)13-8-20-21(15(13)18)9-10-3-4-14-11(5-10)6-12(17)7-19-14;1-2-23-16(22)13-9-21(20-15(13)18)8-10-3-4-14-11(5-10)6-12(17)7-19-14;11-5-7-1-2-10-8(3-7)4-9(12)6-13-10;1-2-11-6(10)4-3-8-9-5(4)7/h3-7,9,11H,10,12H2,1-2H3,(H2,26,30)(H,28,32);3-8H,2,9,18H2,1H3;3-7,9H,2,8H2,1H3,(H2,18,20);1-4,6H,5H2;3H,2H2,1H3,(H3,7,8,9). The number of aryl methyl sites for hydroxylation is 2. The van der Waals surface area contributed by atoms with Crippen LogP contribution < -0.4 is 28.3 Å². The van der Waals surface area contributed by atoms with Crippen LogP contribution in [0.2, 0.25) is 20.1 Å². The topological polar surface area (TPSA) is 382 Å². The Morgan fingerprint density at radius 2 is 0.990 bits per heavy atom. The average Bonchev–Trinajstić information content (AvgIpc) is 1.49. The molecule has 13 aromatic rings. The zero-order valence-electron chi connectivity index (χ0n) is 55.5. The number of esters is 3. The van der Waals surface area contributed by atoms with Gasteiger partial charge in [-0.15, -0.1) is 11.6 Å². The Balaban J connectivity index is 0.000000155. The van der Waals surface area contributed by atoms with Gasteiger partial charge in [0.2, 0.25) is 0 Å². The van der Waals surface area contributed by atoms with Crippen molar-refractivity contribution in [2.45, 2.75) is 66.7 Å². The zero-order valence-corrected chi connectivity index (χ0v) is 59.2. The van der Waals surface area contributed by atoms with E-state index in [2.05, 4.69) is 66.5 Å². The zero-order chi connectivity index (χ0) is 73.1. The fourth-order valence-electron chi connectivity index (χ4n) is 10.2. The number of anilines is 4. The number of nitriles is 1. The Kier molecular flexibility index (Phi) is 25.7. The monoisotopic (exact) mass is 1470 g/mol. The van der Waals surface area contributed by atoms with E-state index in [1.807, 2.05) is 111 Å². The number of pyridine rings is 5. The summed E-state index contributed by atoms with van der Waals surface area (Å²) < 4.78 is 19.3. The lowest BCUT2D eigenvalue weighted by atomic mass is 10.1. The molecule has 0 aliphatic heterocycles. The molecule has 13 rings (SSSR count). The SMILES string of the molecule is CCOC(=O)c1cn(Cc2ccc3ncc(Cl)cc3c2)nc1N.CCOC(=O)c1cn[nH]c1N.CCOC(=O)c1cnn(Cc2ccc3ncc(Cl)cc3c2)c1N.Cc1cc(N)nc(C)c1CNC(=O)c1cnn(Cc2ccc3ncc(Cl)cc3c2)c1C#N.ClCc1ccc2ncc(Cl)cc2c1. The summed E-state index contributed by atoms with van der Waals surface area (Å²) in [5.41, 5.74) is 34.2. The maximum absolute atomic E-state index is 12.8. The number of H-pyrrole nitrogens is 1. The highest BCUT2D eigenvalue weighted by Crippen LogP contribution is 2.25. The number of hydrogen-bond donors (Lipinski definition) is 6. The molecule has 1 amide bonds. The van der Waals surface area contributed by atoms with Crippen LogP contribution in [-0.4, -0.2) is 108 Å². The number of nitrogen functional groups attached to an aromatic ring is 4. The van der Waals surface area contributed by atoms with Gasteiger partial charge in [0.15, 0.2) is 11.5 Å². The third-order valence-corrected chi connectivity index (χ3v) is 16.2. The van der Waals surface area contributed by atoms with Crippen molar-refractivity contribution in [3.05, 3.63) is 240 Å². The first-order valence-corrected chi connectivity index (χ1v) is 33.2. The summed E-state index contributed by atoms with van der Waals surface area (Å²) in [4.78, 5) is 68.5. The first kappa shape index (κ1) is 74.7. The molecule has 10 N–H and O–H groups in total. The lowest BCUT2D eigenvalue weighted by Crippen LogP contribution is -2.24. The van der Waals surface area contributed by atoms with Gasteiger partial charge in [0, 0.05) is 70.6 Å². The van der Waals surface area contributed by atoms with Crippen LogP contribution in [0.25, 0.3) is 43.6 Å². The van der Waals surface area contributed by atoms with Crippen molar-refractivity contribution in [1.82, 2.24) is 69.8 Å². The second-order valence-corrected chi connectivity index (χ2v) is 24.2. The van der Waals surface area contributed by atoms with E-state index < -0.39 is 17.9 Å². The molecule has 0 radical (unpaired) electrons. The molecule has 9 aromatic heterocycles. The average molecular weight is 1470 g/mol. The van der Waals surface area contributed by atoms with Crippen LogP contribution >= 0.6 is 58.0 Å². The Morgan fingerprint density at radius 3 is 1.45 bits per heavy atom. The van der Waals surface area contributed by atoms with Gasteiger partial charge in [-0.1, -0.05) is 70.7 Å². The number of carbonyl (C=O) groups excluding carboxylic acids is 4. The molecule has 0 unspecified atom stereocenters. The molecule has 9 heterocycles. The molecule has 102 heavy (non-hydrogen) atoms. The van der Waals surface area contributed by atoms with Gasteiger partial charge in [-0.2, -0.15) is 25.7 Å². The van der Waals surface area contributed by atoms with Crippen molar-refractivity contribution >= 4 is 149 Å². The largest absolute Gasteiger partial charge is 0.462 e. The number of halogens is 5. The fourth-order valence-corrected chi connectivity index (χ4v) is 11.0. The van der Waals surface area contributed by atoms with Gasteiger partial charge >= 0.3 is 17.9 Å². The van der Waals surface area contributed by atoms with Crippen molar-refractivity contribution in [1.29, 1.82) is 5.26 Å². The smallest absolute Gasteiger partial charge is 0.343 e. The van der Waals surface area contributed by atoms with Crippen LogP contribution in [0.15, 0.2) is 153 Å². The molecule has 0 aliphatic carbocycles. The molecule has 31 heteroatoms. The van der Waals surface area contributed by atoms with Crippen LogP contribution in [0.1, 0.15) is 107 Å². The van der Waals surface area contributed by atoms with Crippen molar-refractivity contribution in [3.8, 4) is 6.07 Å². The van der Waals surface area contributed by atoms with Crippen molar-refractivity contribution in [3.63, 3.8) is 0 Å². The number of hydrogen-bond acceptors (Lipinski definition) is 21. The highest BCUT2D eigenvalue weighted by atomic mass is 35.5. The molecule has 0 atom stereocenters. The first-order chi connectivity index (χ1) is 49.0. The molecule has 4 aromatic carbocycles. The third kappa shape index (κ3) is 19.5. The van der Waals surface area contributed by atoms with E-state index >= 15 is 0 Å². The molecule has 0 bridgehead atoms. The summed E-state index contributed by atoms with van der Waals surface area (Å²) in [6, 6.07) is 34.6. The number of amides is 1. The minimum atomic E-state index is -0.467. The van der Waals surface area contributed by atoms with E-state index in [4.69, 9.17) is 90.4 Å². The van der Waals surface area contributed by atoms with E-state index in [-0.39, 0.29) is 57.9 Å². The number of nitrogens with two attached hydrogens (primary N) is 4. The summed E-state index contributed by atoms with van der Waals surface area (Å²) in [5.74, 6) is -0.115. The Labute approximate surface area is 608 Å². The molecule has 522 valence electrons. The molecule has 0 saturated heterocycles. The Morgan fingerprint density at radius 1 is 0.549 bits per heavy atom. The summed E-state index contributed by atoms with van der Waals surface area (Å²) >= 11 is 29.5. The molecule has 26 nitrogen and oxygen atoms in total. The lowest BCUT2D eigenvalue weighted by Gasteiger charge is -2.11. The van der Waals surface area contributed by atoms with Crippen LogP contribution in [0.5, 0.6) is 0 Å². The van der Waals surface area contributed by atoms with Gasteiger partial charge < -0.3 is 42.5 Å². The minimum Gasteiger partial charge on any atom is -0.462 e. The van der Waals surface area contributed by atoms with E-state index in [0.29, 0.717) is 71.2 Å². The first-order valence-electron chi connectivity index (χ1n) is 31.2. The van der Waals surface area contributed by atoms with E-state index in [1.165, 1.54) is 23.3 Å². The highest BCUT2D eigenvalue weighted by molar-refractivity contribution is 6.32. The highest BCUT2D eigenvalue weighted by Gasteiger charge is 2.21. The van der Waals surface area contributed by atoms with Crippen molar-refractivity contribution in [2.75, 3.05) is 42.8 Å². The minimum absolute atomic E-state index is 0.161. The maximum atomic E-state index is 12.8. The molecule has 0 spiro atoms. The van der Waals surface area contributed by atoms with Gasteiger partial charge in [0.1, 0.15) is 40.2 Å². The van der Waals surface area contributed by atoms with Gasteiger partial charge in [-0.05, 0) is 147 Å². The number of carbonyl (C=O) groups is 4. The lowest BCUT2D eigenvalue weighted by molar-refractivity contribution is 0.0517. The quantitative estimate of drug-likeness (QED) is 0.0297. The summed E-state index contributed by atoms with van der Waals surface area (Å²) in [6.07, 6.45) is 12.2. The predicted octanol–water partition coefficient (Wildman–Crippen LogP) is 13.1. The summed E-state index contributed by atoms with van der Waals surface area (Å²) in [6.45, 7) is 11.4. The van der Waals surface area contributed by atoms with Crippen LogP contribution in [0.4, 0.5) is 23.3 Å². The third-order valence-electron chi connectivity index (χ3n) is 15.0. The number of nitrogens with one attached hydrogen (secondary N) is 2. The Hall–Kier alpha value is -11.5. The molecular formula is C71H66Cl5N19O7. The van der Waals surface area contributed by atoms with Crippen LogP contribution in [-0.2, 0) is 46.3 Å². The number of aromatic amines is 1. The molecule has 0 fully saturated rings. The number of ether oxygens (including phenoxy) is 3. The number of nitrogens with zero attached hydrogens (tertiary/aromatic N) is 13. The number of fused-ring (bicyclic) bond motifs is 4. The molecule has 0 aliphatic rings. The summed E-state index contributed by atoms with van der Waals surface area (Å²) in [5, 5.41) is 37.3. The van der Waals surface area contributed by atoms with Crippen LogP contribution in [0, 0.1) is 25.2 Å². The molecule has 0 saturated carbocycles. The van der Waals surface area contributed by atoms with Crippen molar-refractivity contribution in [2.24, 2.45) is 0 Å². The number of benzene rings is 4. The van der Waals surface area contributed by atoms with Gasteiger partial charge in [-0.3, -0.25) is 34.5 Å². The van der Waals surface area contributed by atoms with E-state index in [1.54, 1.807) is 67.2 Å². The fraction of sp³-hybridized carbons (Fsp3) is 0.183. The normalized spacial score (nSPS) is 10.7. The van der Waals surface area contributed by atoms with Gasteiger partial charge in [0.05, 0.1) is 106 Å². The maximum Gasteiger partial charge on any atom is 0.343 e. The molecular weight excluding hydrogens is 1410 g/mol. The van der Waals surface area contributed by atoms with Gasteiger partial charge in [0.25, 0.3) is 5.91 Å². The number of alkyl halides is 1. The van der Waals surface area contributed by atoms with Crippen molar-refractivity contribution < 1.29 is 33.4 Å². The second-order valence-electron chi connectivity index (χ2n) is 22.2. The predicted molar refractivity (Wildman–Crippen MR) is 394 cm³/mol. The second kappa shape index (κ2) is 35.0. The van der Waals surface area contributed by atoms with Crippen LogP contribution in [0.3, 0.4) is 0 Å². The van der Waals surface area contributed by atoms with E-state index in [0.717, 1.165) is 82.7 Å². The van der Waals surface area contributed by atoms with Gasteiger partial charge in [-0.25, -0.2) is 28.7 Å².